The van der Waals surface area contributed by atoms with Crippen molar-refractivity contribution in [3.63, 3.8) is 0 Å². The second-order valence-corrected chi connectivity index (χ2v) is 7.13. The lowest BCUT2D eigenvalue weighted by atomic mass is 9.95. The molecule has 134 valence electrons. The van der Waals surface area contributed by atoms with Crippen molar-refractivity contribution in [1.29, 1.82) is 0 Å². The number of nitrogens with one attached hydrogen (secondary N) is 1. The summed E-state index contributed by atoms with van der Waals surface area (Å²) in [4.78, 5) is 33.8. The van der Waals surface area contributed by atoms with Gasteiger partial charge in [-0.15, -0.1) is 0 Å². The van der Waals surface area contributed by atoms with Crippen molar-refractivity contribution in [2.45, 2.75) is 39.7 Å². The summed E-state index contributed by atoms with van der Waals surface area (Å²) in [6.07, 6.45) is 0. The zero-order valence-corrected chi connectivity index (χ0v) is 15.6. The molecule has 0 bridgehead atoms. The molecular weight excluding hydrogens is 318 g/mol. The van der Waals surface area contributed by atoms with Crippen LogP contribution in [0.3, 0.4) is 0 Å². The predicted molar refractivity (Wildman–Crippen MR) is 97.1 cm³/mol. The number of H-pyrrole nitrogens is 1. The molecule has 0 spiro atoms. The Labute approximate surface area is 147 Å². The van der Waals surface area contributed by atoms with E-state index in [9.17, 15) is 9.59 Å². The number of nitrogens with zero attached hydrogens (tertiary/aromatic N) is 2. The van der Waals surface area contributed by atoms with Crippen molar-refractivity contribution >= 4 is 5.91 Å². The molecule has 6 heteroatoms. The summed E-state index contributed by atoms with van der Waals surface area (Å²) in [5, 5.41) is 0. The highest BCUT2D eigenvalue weighted by atomic mass is 16.5. The van der Waals surface area contributed by atoms with E-state index in [-0.39, 0.29) is 16.9 Å². The largest absolute Gasteiger partial charge is 0.497 e. The van der Waals surface area contributed by atoms with E-state index in [2.05, 4.69) is 9.97 Å². The molecule has 1 N–H and O–H groups in total. The van der Waals surface area contributed by atoms with Crippen molar-refractivity contribution < 1.29 is 9.53 Å². The molecule has 1 aromatic carbocycles. The van der Waals surface area contributed by atoms with Crippen molar-refractivity contribution in [3.05, 3.63) is 57.3 Å². The first-order valence-corrected chi connectivity index (χ1v) is 8.13. The molecule has 1 heterocycles. The number of hydrogen-bond acceptors (Lipinski definition) is 4. The molecule has 0 saturated heterocycles. The van der Waals surface area contributed by atoms with Gasteiger partial charge in [0, 0.05) is 19.0 Å². The molecule has 0 aliphatic heterocycles. The first-order chi connectivity index (χ1) is 11.6. The van der Waals surface area contributed by atoms with E-state index in [1.165, 1.54) is 4.90 Å². The Balaban J connectivity index is 2.25. The number of amides is 1. The van der Waals surface area contributed by atoms with E-state index >= 15 is 0 Å². The van der Waals surface area contributed by atoms with E-state index in [4.69, 9.17) is 4.74 Å². The Morgan fingerprint density at radius 3 is 2.32 bits per heavy atom. The van der Waals surface area contributed by atoms with Crippen LogP contribution in [-0.4, -0.2) is 34.9 Å². The molecule has 1 aromatic heterocycles. The number of benzene rings is 1. The minimum absolute atomic E-state index is 0.0870. The fraction of sp³-hybridized carbons (Fsp3) is 0.421. The lowest BCUT2D eigenvalue weighted by Gasteiger charge is -2.21. The maximum Gasteiger partial charge on any atom is 0.264 e. The average Bonchev–Trinajstić information content (AvgIpc) is 2.53. The third-order valence-corrected chi connectivity index (χ3v) is 3.95. The van der Waals surface area contributed by atoms with Crippen molar-refractivity contribution in [2.24, 2.45) is 0 Å². The lowest BCUT2D eigenvalue weighted by Crippen LogP contribution is -2.34. The molecule has 0 fully saturated rings. The standard InChI is InChI=1S/C19H25N3O3/c1-12-15(16(23)21-18(20-12)19(2,3)4)17(24)22(5)11-13-7-9-14(25-6)10-8-13/h7-10H,11H2,1-6H3,(H,20,21,23). The number of methoxy groups -OCH3 is 1. The highest BCUT2D eigenvalue weighted by Crippen LogP contribution is 2.18. The average molecular weight is 343 g/mol. The van der Waals surface area contributed by atoms with Crippen LogP contribution in [0.1, 0.15) is 48.2 Å². The summed E-state index contributed by atoms with van der Waals surface area (Å²) < 4.78 is 5.13. The molecule has 1 amide bonds. The summed E-state index contributed by atoms with van der Waals surface area (Å²) in [6, 6.07) is 7.46. The monoisotopic (exact) mass is 343 g/mol. The van der Waals surface area contributed by atoms with Gasteiger partial charge in [-0.25, -0.2) is 4.98 Å². The molecule has 0 saturated carbocycles. The number of hydrogen-bond donors (Lipinski definition) is 1. The minimum atomic E-state index is -0.399. The van der Waals surface area contributed by atoms with E-state index in [1.807, 2.05) is 45.0 Å². The smallest absolute Gasteiger partial charge is 0.264 e. The summed E-state index contributed by atoms with van der Waals surface area (Å²) in [6.45, 7) is 7.97. The van der Waals surface area contributed by atoms with E-state index in [1.54, 1.807) is 21.1 Å². The Hall–Kier alpha value is -2.63. The maximum atomic E-state index is 12.7. The van der Waals surface area contributed by atoms with Crippen molar-refractivity contribution in [2.75, 3.05) is 14.2 Å². The quantitative estimate of drug-likeness (QED) is 0.926. The second kappa shape index (κ2) is 7.09. The van der Waals surface area contributed by atoms with Crippen LogP contribution in [0.25, 0.3) is 0 Å². The number of carbonyl (C=O) groups is 1. The number of aromatic amines is 1. The third-order valence-electron chi connectivity index (χ3n) is 3.95. The van der Waals surface area contributed by atoms with Crippen LogP contribution < -0.4 is 10.3 Å². The molecular formula is C19H25N3O3. The number of ether oxygens (including phenoxy) is 1. The van der Waals surface area contributed by atoms with Crippen LogP contribution in [0, 0.1) is 6.92 Å². The van der Waals surface area contributed by atoms with Gasteiger partial charge in [0.15, 0.2) is 0 Å². The third kappa shape index (κ3) is 4.26. The summed E-state index contributed by atoms with van der Waals surface area (Å²) in [5.41, 5.74) is 0.791. The SMILES string of the molecule is COc1ccc(CN(C)C(=O)c2c(C)nc(C(C)(C)C)[nH]c2=O)cc1. The topological polar surface area (TPSA) is 75.3 Å². The van der Waals surface area contributed by atoms with Gasteiger partial charge in [0.25, 0.3) is 11.5 Å². The molecule has 2 rings (SSSR count). The number of aryl methyl sites for hydroxylation is 1. The van der Waals surface area contributed by atoms with E-state index in [0.29, 0.717) is 18.1 Å². The van der Waals surface area contributed by atoms with E-state index in [0.717, 1.165) is 11.3 Å². The Kier molecular flexibility index (Phi) is 5.30. The Morgan fingerprint density at radius 1 is 1.24 bits per heavy atom. The highest BCUT2D eigenvalue weighted by molar-refractivity contribution is 5.94. The Morgan fingerprint density at radius 2 is 1.84 bits per heavy atom. The highest BCUT2D eigenvalue weighted by Gasteiger charge is 2.24. The zero-order valence-electron chi connectivity index (χ0n) is 15.6. The van der Waals surface area contributed by atoms with Gasteiger partial charge < -0.3 is 14.6 Å². The van der Waals surface area contributed by atoms with Gasteiger partial charge in [0.2, 0.25) is 0 Å². The van der Waals surface area contributed by atoms with Gasteiger partial charge in [-0.3, -0.25) is 9.59 Å². The molecule has 25 heavy (non-hydrogen) atoms. The van der Waals surface area contributed by atoms with Gasteiger partial charge in [-0.2, -0.15) is 0 Å². The van der Waals surface area contributed by atoms with Gasteiger partial charge in [0.05, 0.1) is 12.8 Å². The van der Waals surface area contributed by atoms with Crippen molar-refractivity contribution in [1.82, 2.24) is 14.9 Å². The number of carbonyl (C=O) groups excluding carboxylic acids is 1. The molecule has 2 aromatic rings. The Bertz CT molecular complexity index is 817. The van der Waals surface area contributed by atoms with Gasteiger partial charge in [-0.1, -0.05) is 32.9 Å². The molecule has 0 aliphatic carbocycles. The lowest BCUT2D eigenvalue weighted by molar-refractivity contribution is 0.0781. The molecule has 0 unspecified atom stereocenters. The summed E-state index contributed by atoms with van der Waals surface area (Å²) >= 11 is 0. The minimum Gasteiger partial charge on any atom is -0.497 e. The van der Waals surface area contributed by atoms with Crippen molar-refractivity contribution in [3.8, 4) is 5.75 Å². The second-order valence-electron chi connectivity index (χ2n) is 7.13. The van der Waals surface area contributed by atoms with Crippen LogP contribution in [0.4, 0.5) is 0 Å². The number of aromatic nitrogens is 2. The number of rotatable bonds is 4. The first-order valence-electron chi connectivity index (χ1n) is 8.13. The van der Waals surface area contributed by atoms with E-state index < -0.39 is 5.56 Å². The fourth-order valence-corrected chi connectivity index (χ4v) is 2.46. The predicted octanol–water partition coefficient (Wildman–Crippen LogP) is 2.66. The van der Waals surface area contributed by atoms with Crippen LogP contribution in [0.15, 0.2) is 29.1 Å². The molecule has 0 aliphatic rings. The zero-order chi connectivity index (χ0) is 18.8. The summed E-state index contributed by atoms with van der Waals surface area (Å²) in [7, 11) is 3.27. The van der Waals surface area contributed by atoms with Crippen LogP contribution in [-0.2, 0) is 12.0 Å². The van der Waals surface area contributed by atoms with Crippen LogP contribution in [0.5, 0.6) is 5.75 Å². The molecule has 0 atom stereocenters. The van der Waals surface area contributed by atoms with Gasteiger partial charge >= 0.3 is 0 Å². The van der Waals surface area contributed by atoms with Crippen LogP contribution >= 0.6 is 0 Å². The summed E-state index contributed by atoms with van der Waals surface area (Å²) in [5.74, 6) is 0.985. The van der Waals surface area contributed by atoms with Gasteiger partial charge in [0.1, 0.15) is 17.1 Å². The molecule has 6 nitrogen and oxygen atoms in total. The normalized spacial score (nSPS) is 11.3. The van der Waals surface area contributed by atoms with Crippen LogP contribution in [0.2, 0.25) is 0 Å². The fourth-order valence-electron chi connectivity index (χ4n) is 2.46. The van der Waals surface area contributed by atoms with Gasteiger partial charge in [-0.05, 0) is 24.6 Å². The molecule has 0 radical (unpaired) electrons. The maximum absolute atomic E-state index is 12.7. The first kappa shape index (κ1) is 18.7.